The standard InChI is InChI=1S/C19H27N7O3/c1-5-29-19(28)25-8-6-24(7-9-25)12-17(27)22-16-11-15(4)23-26(16)18-20-13(2)10-14(3)21-18/h10-11H,5-9,12H2,1-4H3,(H,22,27). The first-order chi connectivity index (χ1) is 13.9. The van der Waals surface area contributed by atoms with Crippen LogP contribution >= 0.6 is 0 Å². The van der Waals surface area contributed by atoms with Crippen molar-refractivity contribution < 1.29 is 14.3 Å². The molecule has 0 spiro atoms. The number of aryl methyl sites for hydroxylation is 3. The zero-order valence-corrected chi connectivity index (χ0v) is 17.3. The molecule has 0 aromatic carbocycles. The van der Waals surface area contributed by atoms with Crippen LogP contribution in [0.2, 0.25) is 0 Å². The fraction of sp³-hybridized carbons (Fsp3) is 0.526. The Kier molecular flexibility index (Phi) is 6.42. The normalized spacial score (nSPS) is 14.7. The highest BCUT2D eigenvalue weighted by atomic mass is 16.6. The molecule has 3 heterocycles. The molecule has 10 nitrogen and oxygen atoms in total. The van der Waals surface area contributed by atoms with Crippen LogP contribution < -0.4 is 5.32 Å². The van der Waals surface area contributed by atoms with E-state index in [1.165, 1.54) is 0 Å². The Morgan fingerprint density at radius 3 is 2.31 bits per heavy atom. The summed E-state index contributed by atoms with van der Waals surface area (Å²) in [4.78, 5) is 36.9. The number of carbonyl (C=O) groups is 2. The van der Waals surface area contributed by atoms with E-state index in [0.717, 1.165) is 17.1 Å². The molecule has 29 heavy (non-hydrogen) atoms. The van der Waals surface area contributed by atoms with Gasteiger partial charge in [-0.2, -0.15) is 9.78 Å². The predicted octanol–water partition coefficient (Wildman–Crippen LogP) is 1.30. The van der Waals surface area contributed by atoms with Crippen LogP contribution in [0.3, 0.4) is 0 Å². The Balaban J connectivity index is 1.61. The van der Waals surface area contributed by atoms with Gasteiger partial charge in [-0.05, 0) is 33.8 Å². The quantitative estimate of drug-likeness (QED) is 0.805. The van der Waals surface area contributed by atoms with Gasteiger partial charge < -0.3 is 15.0 Å². The van der Waals surface area contributed by atoms with Crippen molar-refractivity contribution in [3.8, 4) is 5.95 Å². The minimum absolute atomic E-state index is 0.153. The molecule has 10 heteroatoms. The lowest BCUT2D eigenvalue weighted by molar-refractivity contribution is -0.117. The van der Waals surface area contributed by atoms with E-state index < -0.39 is 0 Å². The van der Waals surface area contributed by atoms with E-state index in [1.807, 2.05) is 31.7 Å². The first-order valence-electron chi connectivity index (χ1n) is 9.69. The molecule has 0 aliphatic carbocycles. The summed E-state index contributed by atoms with van der Waals surface area (Å²) < 4.78 is 6.57. The summed E-state index contributed by atoms with van der Waals surface area (Å²) in [6.45, 7) is 10.3. The van der Waals surface area contributed by atoms with Gasteiger partial charge in [0.2, 0.25) is 5.91 Å². The number of ether oxygens (including phenoxy) is 1. The highest BCUT2D eigenvalue weighted by molar-refractivity contribution is 5.91. The summed E-state index contributed by atoms with van der Waals surface area (Å²) in [5.74, 6) is 0.803. The van der Waals surface area contributed by atoms with Crippen LogP contribution in [-0.2, 0) is 9.53 Å². The van der Waals surface area contributed by atoms with Gasteiger partial charge in [0.05, 0.1) is 18.8 Å². The summed E-state index contributed by atoms with van der Waals surface area (Å²) in [5.41, 5.74) is 2.42. The third-order valence-electron chi connectivity index (χ3n) is 4.52. The largest absolute Gasteiger partial charge is 0.450 e. The number of piperazine rings is 1. The molecule has 156 valence electrons. The maximum Gasteiger partial charge on any atom is 0.409 e. The summed E-state index contributed by atoms with van der Waals surface area (Å²) in [6, 6.07) is 3.67. The fourth-order valence-electron chi connectivity index (χ4n) is 3.23. The maximum absolute atomic E-state index is 12.6. The maximum atomic E-state index is 12.6. The average Bonchev–Trinajstić information content (AvgIpc) is 3.01. The van der Waals surface area contributed by atoms with Gasteiger partial charge in [-0.25, -0.2) is 14.8 Å². The van der Waals surface area contributed by atoms with Crippen LogP contribution in [0.15, 0.2) is 12.1 Å². The van der Waals surface area contributed by atoms with E-state index in [2.05, 4.69) is 20.4 Å². The third-order valence-corrected chi connectivity index (χ3v) is 4.52. The minimum atomic E-state index is -0.301. The van der Waals surface area contributed by atoms with E-state index in [9.17, 15) is 9.59 Å². The van der Waals surface area contributed by atoms with Crippen LogP contribution in [0, 0.1) is 20.8 Å². The molecular formula is C19H27N7O3. The molecule has 3 rings (SSSR count). The highest BCUT2D eigenvalue weighted by Gasteiger charge is 2.23. The number of aromatic nitrogens is 4. The van der Waals surface area contributed by atoms with E-state index >= 15 is 0 Å². The molecular weight excluding hydrogens is 374 g/mol. The van der Waals surface area contributed by atoms with Crippen LogP contribution in [-0.4, -0.2) is 80.9 Å². The van der Waals surface area contributed by atoms with E-state index in [0.29, 0.717) is 44.6 Å². The molecule has 2 aromatic rings. The Hall–Kier alpha value is -3.01. The summed E-state index contributed by atoms with van der Waals surface area (Å²) in [7, 11) is 0. The van der Waals surface area contributed by atoms with Gasteiger partial charge in [0.15, 0.2) is 0 Å². The zero-order chi connectivity index (χ0) is 21.0. The minimum Gasteiger partial charge on any atom is -0.450 e. The molecule has 1 saturated heterocycles. The van der Waals surface area contributed by atoms with Crippen molar-refractivity contribution in [2.45, 2.75) is 27.7 Å². The number of hydrogen-bond acceptors (Lipinski definition) is 7. The average molecular weight is 401 g/mol. The molecule has 0 unspecified atom stereocenters. The van der Waals surface area contributed by atoms with Crippen molar-refractivity contribution >= 4 is 17.8 Å². The summed E-state index contributed by atoms with van der Waals surface area (Å²) in [5, 5.41) is 7.32. The summed E-state index contributed by atoms with van der Waals surface area (Å²) in [6.07, 6.45) is -0.301. The van der Waals surface area contributed by atoms with E-state index in [-0.39, 0.29) is 18.5 Å². The number of anilines is 1. The van der Waals surface area contributed by atoms with Crippen molar-refractivity contribution in [1.29, 1.82) is 0 Å². The lowest BCUT2D eigenvalue weighted by Crippen LogP contribution is -2.50. The highest BCUT2D eigenvalue weighted by Crippen LogP contribution is 2.15. The summed E-state index contributed by atoms with van der Waals surface area (Å²) >= 11 is 0. The first kappa shape index (κ1) is 20.7. The number of nitrogens with one attached hydrogen (secondary N) is 1. The molecule has 1 aliphatic rings. The number of nitrogens with zero attached hydrogens (tertiary/aromatic N) is 6. The van der Waals surface area contributed by atoms with Gasteiger partial charge in [-0.1, -0.05) is 0 Å². The second-order valence-electron chi connectivity index (χ2n) is 7.04. The fourth-order valence-corrected chi connectivity index (χ4v) is 3.23. The van der Waals surface area contributed by atoms with Gasteiger partial charge in [-0.15, -0.1) is 0 Å². The molecule has 2 amide bonds. The lowest BCUT2D eigenvalue weighted by atomic mass is 10.3. The van der Waals surface area contributed by atoms with Crippen LogP contribution in [0.5, 0.6) is 0 Å². The molecule has 0 saturated carbocycles. The Bertz CT molecular complexity index is 868. The Labute approximate surface area is 169 Å². The molecule has 1 N–H and O–H groups in total. The topological polar surface area (TPSA) is 105 Å². The van der Waals surface area contributed by atoms with Gasteiger partial charge >= 0.3 is 6.09 Å². The smallest absolute Gasteiger partial charge is 0.409 e. The Morgan fingerprint density at radius 2 is 1.69 bits per heavy atom. The molecule has 0 atom stereocenters. The van der Waals surface area contributed by atoms with E-state index in [4.69, 9.17) is 4.74 Å². The number of amides is 2. The third kappa shape index (κ3) is 5.29. The van der Waals surface area contributed by atoms with Crippen molar-refractivity contribution in [2.75, 3.05) is 44.6 Å². The van der Waals surface area contributed by atoms with Crippen molar-refractivity contribution in [3.63, 3.8) is 0 Å². The lowest BCUT2D eigenvalue weighted by Gasteiger charge is -2.33. The van der Waals surface area contributed by atoms with Crippen LogP contribution in [0.1, 0.15) is 24.0 Å². The molecule has 1 aliphatic heterocycles. The predicted molar refractivity (Wildman–Crippen MR) is 107 cm³/mol. The number of carbonyl (C=O) groups excluding carboxylic acids is 2. The number of hydrogen-bond donors (Lipinski definition) is 1. The van der Waals surface area contributed by atoms with Crippen molar-refractivity contribution in [2.24, 2.45) is 0 Å². The Morgan fingerprint density at radius 1 is 1.03 bits per heavy atom. The molecule has 0 radical (unpaired) electrons. The van der Waals surface area contributed by atoms with Crippen LogP contribution in [0.4, 0.5) is 10.6 Å². The molecule has 1 fully saturated rings. The zero-order valence-electron chi connectivity index (χ0n) is 17.3. The van der Waals surface area contributed by atoms with Crippen LogP contribution in [0.25, 0.3) is 5.95 Å². The monoisotopic (exact) mass is 401 g/mol. The SMILES string of the molecule is CCOC(=O)N1CCN(CC(=O)Nc2cc(C)nn2-c2nc(C)cc(C)n2)CC1. The molecule has 0 bridgehead atoms. The second-order valence-corrected chi connectivity index (χ2v) is 7.04. The molecule has 2 aromatic heterocycles. The van der Waals surface area contributed by atoms with Crippen molar-refractivity contribution in [1.82, 2.24) is 29.5 Å². The van der Waals surface area contributed by atoms with Gasteiger partial charge in [0.25, 0.3) is 5.95 Å². The number of rotatable bonds is 5. The van der Waals surface area contributed by atoms with Gasteiger partial charge in [0.1, 0.15) is 5.82 Å². The van der Waals surface area contributed by atoms with Gasteiger partial charge in [-0.3, -0.25) is 9.69 Å². The first-order valence-corrected chi connectivity index (χ1v) is 9.69. The second kappa shape index (κ2) is 8.99. The van der Waals surface area contributed by atoms with Crippen molar-refractivity contribution in [3.05, 3.63) is 29.2 Å². The van der Waals surface area contributed by atoms with Gasteiger partial charge in [0, 0.05) is 43.6 Å². The van der Waals surface area contributed by atoms with E-state index in [1.54, 1.807) is 22.6 Å².